The summed E-state index contributed by atoms with van der Waals surface area (Å²) in [6.45, 7) is 9.63. The van der Waals surface area contributed by atoms with Gasteiger partial charge in [-0.3, -0.25) is 5.10 Å². The van der Waals surface area contributed by atoms with Crippen molar-refractivity contribution < 1.29 is 4.74 Å². The van der Waals surface area contributed by atoms with Crippen LogP contribution in [0.4, 0.5) is 5.82 Å². The van der Waals surface area contributed by atoms with Crippen LogP contribution in [-0.4, -0.2) is 65.5 Å². The Morgan fingerprint density at radius 2 is 2.23 bits per heavy atom. The highest BCUT2D eigenvalue weighted by atomic mass is 35.5. The lowest BCUT2D eigenvalue weighted by atomic mass is 10.2. The highest BCUT2D eigenvalue weighted by Crippen LogP contribution is 2.39. The molecule has 2 aromatic heterocycles. The number of aliphatic imine (C=N–C) groups is 2. The van der Waals surface area contributed by atoms with Gasteiger partial charge in [0.05, 0.1) is 5.02 Å². The number of hydrogen-bond donors (Lipinski definition) is 4. The number of H-pyrrole nitrogens is 2. The van der Waals surface area contributed by atoms with Crippen LogP contribution in [0.5, 0.6) is 5.75 Å². The topological polar surface area (TPSA) is 106 Å². The number of halogens is 1. The van der Waals surface area contributed by atoms with E-state index >= 15 is 0 Å². The summed E-state index contributed by atoms with van der Waals surface area (Å²) < 4.78 is 5.96. The van der Waals surface area contributed by atoms with Gasteiger partial charge in [-0.1, -0.05) is 11.6 Å². The third-order valence-electron chi connectivity index (χ3n) is 6.05. The molecule has 1 aliphatic carbocycles. The Morgan fingerprint density at radius 3 is 2.94 bits per heavy atom. The molecule has 0 bridgehead atoms. The van der Waals surface area contributed by atoms with Crippen LogP contribution in [-0.2, 0) is 0 Å². The Bertz CT molecular complexity index is 1210. The van der Waals surface area contributed by atoms with Gasteiger partial charge in [-0.15, -0.1) is 0 Å². The van der Waals surface area contributed by atoms with E-state index in [0.29, 0.717) is 28.3 Å². The van der Waals surface area contributed by atoms with E-state index in [9.17, 15) is 0 Å². The maximum absolute atomic E-state index is 6.54. The van der Waals surface area contributed by atoms with Crippen LogP contribution in [0.25, 0.3) is 10.9 Å². The minimum Gasteiger partial charge on any atom is -0.470 e. The molecular weight excluding hydrogens is 464 g/mol. The van der Waals surface area contributed by atoms with Gasteiger partial charge in [0.15, 0.2) is 12.5 Å². The molecule has 0 aliphatic heterocycles. The van der Waals surface area contributed by atoms with Gasteiger partial charge < -0.3 is 25.3 Å². The molecule has 4 rings (SSSR count). The molecule has 0 saturated heterocycles. The van der Waals surface area contributed by atoms with Crippen molar-refractivity contribution in [1.82, 2.24) is 25.4 Å². The molecule has 1 atom stereocenters. The van der Waals surface area contributed by atoms with Crippen molar-refractivity contribution in [2.24, 2.45) is 9.98 Å². The van der Waals surface area contributed by atoms with Gasteiger partial charge >= 0.3 is 0 Å². The predicted molar refractivity (Wildman–Crippen MR) is 144 cm³/mol. The second-order valence-electron chi connectivity index (χ2n) is 8.59. The minimum atomic E-state index is 0.100. The number of likely N-dealkylation sites (N-methyl/N-ethyl adjacent to an activating group) is 2. The highest BCUT2D eigenvalue weighted by molar-refractivity contribution is 6.36. The molecule has 1 aliphatic rings. The first-order valence-electron chi connectivity index (χ1n) is 11.9. The quantitative estimate of drug-likeness (QED) is 0.214. The highest BCUT2D eigenvalue weighted by Gasteiger charge is 2.25. The van der Waals surface area contributed by atoms with Gasteiger partial charge in [0.1, 0.15) is 17.4 Å². The summed E-state index contributed by atoms with van der Waals surface area (Å²) in [6.07, 6.45) is 6.13. The number of aromatic nitrogens is 3. The summed E-state index contributed by atoms with van der Waals surface area (Å²) in [6, 6.07) is 7.94. The average molecular weight is 497 g/mol. The van der Waals surface area contributed by atoms with E-state index in [1.54, 1.807) is 0 Å². The first-order chi connectivity index (χ1) is 17.0. The van der Waals surface area contributed by atoms with Crippen LogP contribution in [0.15, 0.2) is 52.3 Å². The number of benzene rings is 1. The molecule has 9 nitrogen and oxygen atoms in total. The van der Waals surface area contributed by atoms with E-state index < -0.39 is 0 Å². The summed E-state index contributed by atoms with van der Waals surface area (Å²) in [7, 11) is 1.94. The number of fused-ring (bicyclic) bond motifs is 1. The smallest absolute Gasteiger partial charge is 0.181 e. The van der Waals surface area contributed by atoms with Crippen LogP contribution in [0.3, 0.4) is 0 Å². The van der Waals surface area contributed by atoms with E-state index in [4.69, 9.17) is 21.3 Å². The number of nitrogens with zero attached hydrogens (tertiary/aromatic N) is 4. The Labute approximate surface area is 210 Å². The molecular formula is C25H33ClN8O. The molecule has 3 aromatic rings. The summed E-state index contributed by atoms with van der Waals surface area (Å²) in [4.78, 5) is 14.3. The fourth-order valence-electron chi connectivity index (χ4n) is 4.06. The first kappa shape index (κ1) is 24.8. The van der Waals surface area contributed by atoms with E-state index in [2.05, 4.69) is 56.3 Å². The molecule has 1 unspecified atom stereocenters. The largest absolute Gasteiger partial charge is 0.470 e. The standard InChI is InChI=1S/C25H33ClN8O/c1-5-34(16(2)14-27-3)24(13-22(28-4)31-23-12-20(32-33-23)17-6-7-17)30-15-35-21-9-8-19-18(25(21)26)10-11-29-19/h8-13,16-17,27,29H,4-7,14-15H2,1-3H3,(H2,31,32,33)/b22-13+,30-24+. The fourth-order valence-corrected chi connectivity index (χ4v) is 4.34. The number of aromatic amines is 2. The van der Waals surface area contributed by atoms with Crippen molar-refractivity contribution in [3.05, 3.63) is 53.1 Å². The van der Waals surface area contributed by atoms with Crippen molar-refractivity contribution in [2.45, 2.75) is 38.6 Å². The molecule has 4 N–H and O–H groups in total. The van der Waals surface area contributed by atoms with Gasteiger partial charge in [0.25, 0.3) is 0 Å². The zero-order valence-corrected chi connectivity index (χ0v) is 21.2. The Morgan fingerprint density at radius 1 is 1.40 bits per heavy atom. The van der Waals surface area contributed by atoms with E-state index in [1.165, 1.54) is 12.8 Å². The molecule has 0 spiro atoms. The Balaban J connectivity index is 1.56. The summed E-state index contributed by atoms with van der Waals surface area (Å²) in [5.41, 5.74) is 2.11. The molecule has 1 aromatic carbocycles. The van der Waals surface area contributed by atoms with Gasteiger partial charge in [0.2, 0.25) is 0 Å². The molecule has 35 heavy (non-hydrogen) atoms. The molecule has 10 heteroatoms. The molecule has 1 fully saturated rings. The number of hydrogen-bond acceptors (Lipinski definition) is 6. The normalized spacial score (nSPS) is 15.3. The lowest BCUT2D eigenvalue weighted by molar-refractivity contribution is 0.313. The third kappa shape index (κ3) is 6.04. The minimum absolute atomic E-state index is 0.100. The van der Waals surface area contributed by atoms with Crippen molar-refractivity contribution in [2.75, 3.05) is 32.2 Å². The van der Waals surface area contributed by atoms with Gasteiger partial charge in [-0.2, -0.15) is 5.10 Å². The first-order valence-corrected chi connectivity index (χ1v) is 12.3. The van der Waals surface area contributed by atoms with Gasteiger partial charge in [-0.05, 0) is 58.7 Å². The second kappa shape index (κ2) is 11.4. The second-order valence-corrected chi connectivity index (χ2v) is 8.97. The monoisotopic (exact) mass is 496 g/mol. The third-order valence-corrected chi connectivity index (χ3v) is 6.44. The Kier molecular flexibility index (Phi) is 8.09. The van der Waals surface area contributed by atoms with Crippen molar-refractivity contribution >= 4 is 40.9 Å². The molecule has 0 amide bonds. The van der Waals surface area contributed by atoms with Crippen molar-refractivity contribution in [1.29, 1.82) is 0 Å². The number of ether oxygens (including phenoxy) is 1. The predicted octanol–water partition coefficient (Wildman–Crippen LogP) is 4.74. The van der Waals surface area contributed by atoms with Crippen molar-refractivity contribution in [3.63, 3.8) is 0 Å². The SMILES string of the molecule is C=N/C(=C\C(=N/COc1ccc2[nH]ccc2c1Cl)N(CC)C(C)CNC)Nc1cc(C2CC2)[nH]n1. The lowest BCUT2D eigenvalue weighted by Crippen LogP contribution is -2.43. The molecule has 2 heterocycles. The van der Waals surface area contributed by atoms with Crippen LogP contribution in [0.1, 0.15) is 38.3 Å². The summed E-state index contributed by atoms with van der Waals surface area (Å²) in [5, 5.41) is 15.4. The zero-order valence-electron chi connectivity index (χ0n) is 20.4. The lowest BCUT2D eigenvalue weighted by Gasteiger charge is -2.30. The van der Waals surface area contributed by atoms with Gasteiger partial charge in [0, 0.05) is 60.0 Å². The van der Waals surface area contributed by atoms with E-state index in [-0.39, 0.29) is 12.8 Å². The van der Waals surface area contributed by atoms with Crippen LogP contribution in [0.2, 0.25) is 5.02 Å². The number of nitrogens with one attached hydrogen (secondary N) is 4. The van der Waals surface area contributed by atoms with Crippen molar-refractivity contribution in [3.8, 4) is 5.75 Å². The van der Waals surface area contributed by atoms with Gasteiger partial charge in [-0.25, -0.2) is 9.98 Å². The number of anilines is 1. The fraction of sp³-hybridized carbons (Fsp3) is 0.400. The summed E-state index contributed by atoms with van der Waals surface area (Å²) in [5.74, 6) is 3.16. The number of rotatable bonds is 12. The van der Waals surface area contributed by atoms with E-state index in [1.807, 2.05) is 43.6 Å². The average Bonchev–Trinajstić information content (AvgIpc) is 3.40. The molecule has 0 radical (unpaired) electrons. The maximum atomic E-state index is 6.54. The van der Waals surface area contributed by atoms with Crippen LogP contribution in [0, 0.1) is 0 Å². The zero-order chi connectivity index (χ0) is 24.8. The van der Waals surface area contributed by atoms with E-state index in [0.717, 1.165) is 35.5 Å². The number of amidine groups is 1. The van der Waals surface area contributed by atoms with Crippen LogP contribution < -0.4 is 15.4 Å². The Hall–Kier alpha value is -3.30. The van der Waals surface area contributed by atoms with Crippen LogP contribution >= 0.6 is 11.6 Å². The molecule has 186 valence electrons. The summed E-state index contributed by atoms with van der Waals surface area (Å²) >= 11 is 6.54. The molecule has 1 saturated carbocycles. The maximum Gasteiger partial charge on any atom is 0.181 e.